The third kappa shape index (κ3) is 6.95. The van der Waals surface area contributed by atoms with Crippen molar-refractivity contribution in [2.45, 2.75) is 0 Å². The lowest BCUT2D eigenvalue weighted by molar-refractivity contribution is 0.673. The largest absolute Gasteiger partial charge is 0.455 e. The molecule has 0 radical (unpaired) electrons. The molecule has 0 amide bonds. The highest BCUT2D eigenvalue weighted by molar-refractivity contribution is 7.26. The minimum absolute atomic E-state index is 0.0194. The maximum Gasteiger partial charge on any atom is 0.167 e. The molecule has 0 aliphatic carbocycles. The first-order valence-electron chi connectivity index (χ1n) is 25.9. The first kappa shape index (κ1) is 35.8. The molecule has 0 aliphatic heterocycles. The van der Waals surface area contributed by atoms with Crippen LogP contribution in [0.15, 0.2) is 247 Å². The smallest absolute Gasteiger partial charge is 0.167 e. The zero-order valence-corrected chi connectivity index (χ0v) is 38.6. The molecule has 14 rings (SSSR count). The molecule has 3 aromatic heterocycles. The number of anilines is 3. The van der Waals surface area contributed by atoms with E-state index >= 15 is 0 Å². The van der Waals surface area contributed by atoms with E-state index in [2.05, 4.69) is 133 Å². The summed E-state index contributed by atoms with van der Waals surface area (Å²) in [7, 11) is 0. The molecule has 0 unspecified atom stereocenters. The fourth-order valence-corrected chi connectivity index (χ4v) is 11.3. The van der Waals surface area contributed by atoms with E-state index in [4.69, 9.17) is 26.2 Å². The second-order valence-electron chi connectivity index (χ2n) is 17.5. The highest BCUT2D eigenvalue weighted by atomic mass is 32.1. The molecular formula is C65H40N4OS. The van der Waals surface area contributed by atoms with Gasteiger partial charge in [0.2, 0.25) is 0 Å². The average molecular weight is 930 g/mol. The van der Waals surface area contributed by atoms with Gasteiger partial charge in [-0.1, -0.05) is 176 Å². The summed E-state index contributed by atoms with van der Waals surface area (Å²) in [6.45, 7) is 0. The van der Waals surface area contributed by atoms with E-state index < -0.39 is 18.1 Å². The van der Waals surface area contributed by atoms with Crippen LogP contribution in [-0.4, -0.2) is 15.0 Å². The van der Waals surface area contributed by atoms with E-state index in [0.29, 0.717) is 45.6 Å². The predicted octanol–water partition coefficient (Wildman–Crippen LogP) is 18.3. The van der Waals surface area contributed by atoms with Crippen molar-refractivity contribution >= 4 is 92.1 Å². The maximum atomic E-state index is 9.07. The number of rotatable bonds is 8. The lowest BCUT2D eigenvalue weighted by Gasteiger charge is -2.25. The number of hydrogen-bond donors (Lipinski definition) is 0. The molecule has 5 nitrogen and oxygen atoms in total. The van der Waals surface area contributed by atoms with Gasteiger partial charge in [0.15, 0.2) is 17.5 Å². The molecule has 0 bridgehead atoms. The van der Waals surface area contributed by atoms with Crippen molar-refractivity contribution in [3.8, 4) is 56.4 Å². The number of thiophene rings is 1. The van der Waals surface area contributed by atoms with Gasteiger partial charge in [-0.2, -0.15) is 0 Å². The molecule has 6 heteroatoms. The van der Waals surface area contributed by atoms with Gasteiger partial charge in [0, 0.05) is 64.5 Å². The summed E-state index contributed by atoms with van der Waals surface area (Å²) >= 11 is 1.70. The number of para-hydroxylation sites is 3. The van der Waals surface area contributed by atoms with E-state index in [-0.39, 0.29) is 17.8 Å². The number of nitrogens with zero attached hydrogens (tertiary/aromatic N) is 4. The van der Waals surface area contributed by atoms with E-state index in [1.54, 1.807) is 16.2 Å². The Labute approximate surface area is 420 Å². The highest BCUT2D eigenvalue weighted by Crippen LogP contribution is 2.45. The standard InChI is InChI=1S/C65H40N4OS/c1-4-18-42(19-5-1)56-40-58-52-32-16-34-54(60(52)70-61(58)51-30-13-12-29-50(51)56)64-66-63(44-22-14-27-47(38-44)69(45-23-6-2-7-24-45)46-25-8-3-9-26-46)67-65(68-64)55-35-17-33-53-57-39-43(36-37-59(57)71-62(53)55)49-31-15-21-41-20-10-11-28-48(41)49/h1-40H/i2D,6D,7D,23D,24D. The van der Waals surface area contributed by atoms with Crippen molar-refractivity contribution in [1.82, 2.24) is 15.0 Å². The van der Waals surface area contributed by atoms with Gasteiger partial charge >= 0.3 is 0 Å². The number of furan rings is 1. The average Bonchev–Trinajstić information content (AvgIpc) is 4.06. The Bertz CT molecular complexity index is 4640. The van der Waals surface area contributed by atoms with Crippen molar-refractivity contribution in [3.63, 3.8) is 0 Å². The normalized spacial score (nSPS) is 12.6. The molecule has 0 fully saturated rings. The molecule has 14 aromatic rings. The van der Waals surface area contributed by atoms with Crippen LogP contribution in [0.1, 0.15) is 6.85 Å². The van der Waals surface area contributed by atoms with Crippen LogP contribution in [0.4, 0.5) is 17.1 Å². The molecule has 332 valence electrons. The lowest BCUT2D eigenvalue weighted by atomic mass is 9.95. The highest BCUT2D eigenvalue weighted by Gasteiger charge is 2.23. The second-order valence-corrected chi connectivity index (χ2v) is 18.6. The second kappa shape index (κ2) is 16.8. The summed E-state index contributed by atoms with van der Waals surface area (Å²) in [5.41, 5.74) is 9.25. The number of benzene rings is 11. The molecule has 0 aliphatic rings. The summed E-state index contributed by atoms with van der Waals surface area (Å²) in [4.78, 5) is 17.7. The van der Waals surface area contributed by atoms with Crippen molar-refractivity contribution in [1.29, 1.82) is 0 Å². The minimum atomic E-state index is -0.464. The molecule has 0 saturated carbocycles. The molecule has 0 N–H and O–H groups in total. The van der Waals surface area contributed by atoms with E-state index in [9.17, 15) is 0 Å². The van der Waals surface area contributed by atoms with Crippen LogP contribution in [0.3, 0.4) is 0 Å². The van der Waals surface area contributed by atoms with Gasteiger partial charge in [-0.05, 0) is 105 Å². The third-order valence-electron chi connectivity index (χ3n) is 13.4. The molecule has 3 heterocycles. The predicted molar refractivity (Wildman–Crippen MR) is 297 cm³/mol. The van der Waals surface area contributed by atoms with Crippen molar-refractivity contribution < 1.29 is 11.3 Å². The van der Waals surface area contributed by atoms with E-state index in [1.165, 1.54) is 16.3 Å². The van der Waals surface area contributed by atoms with Gasteiger partial charge in [-0.3, -0.25) is 0 Å². The molecule has 71 heavy (non-hydrogen) atoms. The molecule has 11 aromatic carbocycles. The monoisotopic (exact) mass is 929 g/mol. The number of aromatic nitrogens is 3. The first-order chi connectivity index (χ1) is 37.3. The van der Waals surface area contributed by atoms with Crippen LogP contribution in [-0.2, 0) is 0 Å². The summed E-state index contributed by atoms with van der Waals surface area (Å²) in [5, 5.41) is 8.59. The molecule has 0 saturated heterocycles. The Balaban J connectivity index is 0.996. The molecular weight excluding hydrogens is 885 g/mol. The van der Waals surface area contributed by atoms with Crippen molar-refractivity contribution in [2.75, 3.05) is 4.90 Å². The molecule has 0 spiro atoms. The van der Waals surface area contributed by atoms with Crippen LogP contribution < -0.4 is 4.90 Å². The van der Waals surface area contributed by atoms with Crippen LogP contribution in [0, 0.1) is 0 Å². The Morgan fingerprint density at radius 3 is 1.82 bits per heavy atom. The lowest BCUT2D eigenvalue weighted by Crippen LogP contribution is -2.10. The number of fused-ring (bicyclic) bond motifs is 9. The SMILES string of the molecule is [2H]c1c([2H])c([2H])c(N(c2ccccc2)c2cccc(-c3nc(-c4cccc5c4oc4c6ccccc6c(-c6ccccc6)cc54)nc(-c4cccc5c4sc4ccc(-c6cccc7ccccc67)cc45)n3)c2)c([2H])c1[2H]. The Morgan fingerprint density at radius 1 is 0.366 bits per heavy atom. The molecule has 0 atom stereocenters. The summed E-state index contributed by atoms with van der Waals surface area (Å²) in [5.74, 6) is 1.24. The number of hydrogen-bond acceptors (Lipinski definition) is 6. The Kier molecular flexibility index (Phi) is 8.47. The zero-order valence-electron chi connectivity index (χ0n) is 42.8. The Morgan fingerprint density at radius 2 is 0.972 bits per heavy atom. The fraction of sp³-hybridized carbons (Fsp3) is 0. The van der Waals surface area contributed by atoms with Crippen molar-refractivity contribution in [2.24, 2.45) is 0 Å². The zero-order chi connectivity index (χ0) is 51.2. The topological polar surface area (TPSA) is 55.1 Å². The third-order valence-corrected chi connectivity index (χ3v) is 14.6. The van der Waals surface area contributed by atoms with Crippen LogP contribution in [0.5, 0.6) is 0 Å². The summed E-state index contributed by atoms with van der Waals surface area (Å²) in [6, 6.07) is 69.9. The van der Waals surface area contributed by atoms with E-state index in [1.807, 2.05) is 78.9 Å². The van der Waals surface area contributed by atoms with Crippen molar-refractivity contribution in [3.05, 3.63) is 243 Å². The maximum absolute atomic E-state index is 9.07. The van der Waals surface area contributed by atoms with Gasteiger partial charge in [0.1, 0.15) is 11.2 Å². The van der Waals surface area contributed by atoms with Gasteiger partial charge in [0.05, 0.1) is 12.4 Å². The quantitative estimate of drug-likeness (QED) is 0.152. The van der Waals surface area contributed by atoms with E-state index in [0.717, 1.165) is 69.6 Å². The first-order valence-corrected chi connectivity index (χ1v) is 24.2. The van der Waals surface area contributed by atoms with Gasteiger partial charge < -0.3 is 9.32 Å². The van der Waals surface area contributed by atoms with Gasteiger partial charge in [0.25, 0.3) is 0 Å². The Hall–Kier alpha value is -9.23. The summed E-state index contributed by atoms with van der Waals surface area (Å²) < 4.78 is 53.0. The van der Waals surface area contributed by atoms with Crippen LogP contribution in [0.2, 0.25) is 0 Å². The van der Waals surface area contributed by atoms with Gasteiger partial charge in [-0.25, -0.2) is 15.0 Å². The minimum Gasteiger partial charge on any atom is -0.455 e. The van der Waals surface area contributed by atoms with Gasteiger partial charge in [-0.15, -0.1) is 11.3 Å². The van der Waals surface area contributed by atoms with Crippen LogP contribution in [0.25, 0.3) is 120 Å². The summed E-state index contributed by atoms with van der Waals surface area (Å²) in [6.07, 6.45) is 0. The fourth-order valence-electron chi connectivity index (χ4n) is 10.1. The van der Waals surface area contributed by atoms with Crippen LogP contribution >= 0.6 is 11.3 Å².